The first kappa shape index (κ1) is 14.1. The Hall–Kier alpha value is -0.900. The molecule has 0 amide bonds. The largest absolute Gasteiger partial charge is 0.512 e. The van der Waals surface area contributed by atoms with Crippen LogP contribution >= 0.6 is 11.8 Å². The molecule has 2 aliphatic carbocycles. The summed E-state index contributed by atoms with van der Waals surface area (Å²) in [6.45, 7) is 6.47. The van der Waals surface area contributed by atoms with Crippen molar-refractivity contribution in [3.05, 3.63) is 21.8 Å². The van der Waals surface area contributed by atoms with Gasteiger partial charge < -0.3 is 9.94 Å². The van der Waals surface area contributed by atoms with Gasteiger partial charge in [-0.2, -0.15) is 0 Å². The van der Waals surface area contributed by atoms with Gasteiger partial charge in [0.25, 0.3) is 0 Å². The zero-order valence-corrected chi connectivity index (χ0v) is 13.6. The van der Waals surface area contributed by atoms with E-state index in [-0.39, 0.29) is 5.41 Å². The predicted octanol–water partition coefficient (Wildman–Crippen LogP) is 4.56. The molecule has 4 heteroatoms. The summed E-state index contributed by atoms with van der Waals surface area (Å²) in [6, 6.07) is 0. The van der Waals surface area contributed by atoms with Gasteiger partial charge in [0.05, 0.1) is 11.5 Å². The minimum atomic E-state index is -0.0974. The van der Waals surface area contributed by atoms with E-state index in [1.54, 1.807) is 7.11 Å². The van der Waals surface area contributed by atoms with Crippen LogP contribution in [0.2, 0.25) is 0 Å². The van der Waals surface area contributed by atoms with Crippen LogP contribution in [-0.2, 0) is 4.84 Å². The fourth-order valence-corrected chi connectivity index (χ4v) is 5.28. The molecule has 1 fully saturated rings. The highest BCUT2D eigenvalue weighted by atomic mass is 32.2. The molecule has 0 atom stereocenters. The minimum absolute atomic E-state index is 0.0974. The van der Waals surface area contributed by atoms with Crippen LogP contribution in [0, 0.1) is 5.41 Å². The van der Waals surface area contributed by atoms with Gasteiger partial charge >= 0.3 is 0 Å². The Morgan fingerprint density at radius 1 is 1.30 bits per heavy atom. The van der Waals surface area contributed by atoms with E-state index < -0.39 is 0 Å². The summed E-state index contributed by atoms with van der Waals surface area (Å²) < 4.78 is 0.334. The van der Waals surface area contributed by atoms with Crippen molar-refractivity contribution in [2.75, 3.05) is 7.11 Å². The van der Waals surface area contributed by atoms with Crippen LogP contribution in [0.1, 0.15) is 52.9 Å². The monoisotopic (exact) mass is 293 g/mol. The number of allylic oxidation sites excluding steroid dienone is 3. The van der Waals surface area contributed by atoms with Gasteiger partial charge in [-0.1, -0.05) is 25.4 Å². The van der Waals surface area contributed by atoms with Crippen LogP contribution in [0.4, 0.5) is 0 Å². The molecule has 110 valence electrons. The van der Waals surface area contributed by atoms with Gasteiger partial charge in [-0.25, -0.2) is 0 Å². The molecule has 0 saturated heterocycles. The highest BCUT2D eigenvalue weighted by molar-refractivity contribution is 8.04. The van der Waals surface area contributed by atoms with Gasteiger partial charge in [0.15, 0.2) is 0 Å². The van der Waals surface area contributed by atoms with Crippen molar-refractivity contribution < 1.29 is 9.94 Å². The van der Waals surface area contributed by atoms with Gasteiger partial charge in [0.2, 0.25) is 0 Å². The molecule has 20 heavy (non-hydrogen) atoms. The maximum atomic E-state index is 10.3. The number of rotatable bonds is 1. The van der Waals surface area contributed by atoms with Crippen molar-refractivity contribution in [3.63, 3.8) is 0 Å². The van der Waals surface area contributed by atoms with E-state index in [2.05, 4.69) is 25.9 Å². The maximum Gasteiger partial charge on any atom is 0.106 e. The summed E-state index contributed by atoms with van der Waals surface area (Å²) in [4.78, 5) is 6.47. The van der Waals surface area contributed by atoms with Gasteiger partial charge in [-0.3, -0.25) is 0 Å². The first-order valence-electron chi connectivity index (χ1n) is 7.32. The quantitative estimate of drug-likeness (QED) is 0.720. The second-order valence-corrected chi connectivity index (χ2v) is 8.20. The lowest BCUT2D eigenvalue weighted by atomic mass is 9.73. The Kier molecular flexibility index (Phi) is 3.20. The van der Waals surface area contributed by atoms with Crippen LogP contribution in [-0.4, -0.2) is 22.7 Å². The summed E-state index contributed by atoms with van der Waals surface area (Å²) in [5.41, 5.74) is 3.24. The van der Waals surface area contributed by atoms with Crippen LogP contribution < -0.4 is 0 Å². The van der Waals surface area contributed by atoms with E-state index in [0.717, 1.165) is 17.7 Å². The average molecular weight is 293 g/mol. The van der Waals surface area contributed by atoms with Gasteiger partial charge in [0, 0.05) is 27.9 Å². The normalized spacial score (nSPS) is 29.5. The number of aliphatic hydroxyl groups excluding tert-OH is 1. The Morgan fingerprint density at radius 3 is 2.55 bits per heavy atom. The molecule has 0 bridgehead atoms. The molecule has 0 aromatic carbocycles. The van der Waals surface area contributed by atoms with Crippen molar-refractivity contribution >= 4 is 17.5 Å². The van der Waals surface area contributed by atoms with Crippen molar-refractivity contribution in [1.82, 2.24) is 0 Å². The first-order valence-corrected chi connectivity index (χ1v) is 8.13. The zero-order chi connectivity index (χ0) is 14.5. The third kappa shape index (κ3) is 1.92. The fraction of sp³-hybridized carbons (Fsp3) is 0.688. The molecule has 1 spiro atoms. The lowest BCUT2D eigenvalue weighted by Gasteiger charge is -2.50. The second kappa shape index (κ2) is 4.55. The first-order chi connectivity index (χ1) is 9.39. The molecule has 1 heterocycles. The second-order valence-electron chi connectivity index (χ2n) is 6.72. The van der Waals surface area contributed by atoms with Crippen molar-refractivity contribution in [2.24, 2.45) is 10.6 Å². The van der Waals surface area contributed by atoms with E-state index in [1.807, 2.05) is 11.8 Å². The van der Waals surface area contributed by atoms with Crippen LogP contribution in [0.25, 0.3) is 0 Å². The zero-order valence-electron chi connectivity index (χ0n) is 12.7. The number of hydrogen-bond donors (Lipinski definition) is 1. The standard InChI is InChI=1S/C16H23NO2S/c1-10-13(18)8-11-12(17-19-4)9-16(6-5-7-16)20-14(11)15(10,2)3/h18H,5-9H2,1-4H3. The van der Waals surface area contributed by atoms with Gasteiger partial charge in [0.1, 0.15) is 7.11 Å². The molecular formula is C16H23NO2S. The molecule has 3 aliphatic rings. The SMILES string of the molecule is CON=C1CC2(CCC2)SC2=C1CC(O)=C(C)C2(C)C. The van der Waals surface area contributed by atoms with Gasteiger partial charge in [-0.05, 0) is 30.9 Å². The van der Waals surface area contributed by atoms with E-state index in [9.17, 15) is 5.11 Å². The Balaban J connectivity index is 2.09. The van der Waals surface area contributed by atoms with Crippen molar-refractivity contribution in [3.8, 4) is 0 Å². The molecule has 0 unspecified atom stereocenters. The fourth-order valence-electron chi connectivity index (χ4n) is 3.42. The van der Waals surface area contributed by atoms with E-state index >= 15 is 0 Å². The summed E-state index contributed by atoms with van der Waals surface area (Å²) in [5.74, 6) is 0.503. The predicted molar refractivity (Wildman–Crippen MR) is 84.0 cm³/mol. The third-order valence-corrected chi connectivity index (χ3v) is 7.13. The summed E-state index contributed by atoms with van der Waals surface area (Å²) in [5, 5.41) is 14.6. The number of aliphatic hydroxyl groups is 1. The summed E-state index contributed by atoms with van der Waals surface area (Å²) >= 11 is 2.04. The number of thioether (sulfide) groups is 1. The number of nitrogens with zero attached hydrogens (tertiary/aromatic N) is 1. The molecule has 0 aromatic rings. The van der Waals surface area contributed by atoms with Crippen molar-refractivity contribution in [2.45, 2.75) is 57.6 Å². The lowest BCUT2D eigenvalue weighted by molar-refractivity contribution is 0.211. The highest BCUT2D eigenvalue weighted by Gasteiger charge is 2.49. The number of hydrogen-bond acceptors (Lipinski definition) is 4. The molecule has 1 saturated carbocycles. The van der Waals surface area contributed by atoms with Crippen LogP contribution in [0.3, 0.4) is 0 Å². The topological polar surface area (TPSA) is 41.8 Å². The third-order valence-electron chi connectivity index (χ3n) is 5.18. The average Bonchev–Trinajstić information content (AvgIpc) is 2.36. The molecule has 3 nitrogen and oxygen atoms in total. The van der Waals surface area contributed by atoms with Gasteiger partial charge in [-0.15, -0.1) is 11.8 Å². The van der Waals surface area contributed by atoms with Crippen LogP contribution in [0.15, 0.2) is 27.0 Å². The lowest BCUT2D eigenvalue weighted by Crippen LogP contribution is -2.42. The van der Waals surface area contributed by atoms with Crippen LogP contribution in [0.5, 0.6) is 0 Å². The minimum Gasteiger partial charge on any atom is -0.512 e. The smallest absolute Gasteiger partial charge is 0.106 e. The Labute approximate surface area is 125 Å². The molecule has 0 radical (unpaired) electrons. The molecule has 3 rings (SSSR count). The Morgan fingerprint density at radius 2 is 2.00 bits per heavy atom. The molecule has 1 aliphatic heterocycles. The maximum absolute atomic E-state index is 10.3. The number of oxime groups is 1. The molecule has 0 aromatic heterocycles. The Bertz CT molecular complexity index is 539. The van der Waals surface area contributed by atoms with Crippen molar-refractivity contribution in [1.29, 1.82) is 0 Å². The summed E-state index contributed by atoms with van der Waals surface area (Å²) in [6.07, 6.45) is 5.43. The van der Waals surface area contributed by atoms with E-state index in [0.29, 0.717) is 16.9 Å². The molecule has 1 N–H and O–H groups in total. The van der Waals surface area contributed by atoms with E-state index in [4.69, 9.17) is 4.84 Å². The molecular weight excluding hydrogens is 270 g/mol. The summed E-state index contributed by atoms with van der Waals surface area (Å²) in [7, 11) is 1.61. The highest BCUT2D eigenvalue weighted by Crippen LogP contribution is 2.61. The van der Waals surface area contributed by atoms with E-state index in [1.165, 1.54) is 29.7 Å².